The number of halogens is 1. The molecule has 1 aliphatic rings. The normalized spacial score (nSPS) is 19.2. The first-order chi connectivity index (χ1) is 11.0. The van der Waals surface area contributed by atoms with E-state index in [-0.39, 0.29) is 11.8 Å². The number of nitrogens with one attached hydrogen (secondary N) is 1. The molecule has 2 aromatic rings. The van der Waals surface area contributed by atoms with Crippen molar-refractivity contribution in [2.45, 2.75) is 18.9 Å². The lowest BCUT2D eigenvalue weighted by Crippen LogP contribution is -2.24. The third kappa shape index (κ3) is 3.79. The summed E-state index contributed by atoms with van der Waals surface area (Å²) in [6.45, 7) is 0.460. The van der Waals surface area contributed by atoms with Gasteiger partial charge in [0.2, 0.25) is 11.8 Å². The molecule has 0 unspecified atom stereocenters. The van der Waals surface area contributed by atoms with Crippen LogP contribution in [-0.2, 0) is 11.3 Å². The maximum absolute atomic E-state index is 12.2. The fraction of sp³-hybridized carbons (Fsp3) is 0.222. The second-order valence-electron chi connectivity index (χ2n) is 5.78. The molecule has 0 aromatic heterocycles. The molecule has 0 bridgehead atoms. The van der Waals surface area contributed by atoms with Crippen molar-refractivity contribution in [3.8, 4) is 0 Å². The van der Waals surface area contributed by atoms with Crippen LogP contribution < -0.4 is 11.1 Å². The predicted octanol–water partition coefficient (Wildman–Crippen LogP) is 2.97. The Morgan fingerprint density at radius 1 is 1.09 bits per heavy atom. The quantitative estimate of drug-likeness (QED) is 0.846. The fourth-order valence-electron chi connectivity index (χ4n) is 2.67. The van der Waals surface area contributed by atoms with Gasteiger partial charge in [-0.1, -0.05) is 40.2 Å². The number of nitrogens with two attached hydrogens (primary N) is 1. The molecule has 5 heteroatoms. The van der Waals surface area contributed by atoms with Gasteiger partial charge in [-0.3, -0.25) is 9.59 Å². The van der Waals surface area contributed by atoms with Crippen LogP contribution in [0.2, 0.25) is 0 Å². The lowest BCUT2D eigenvalue weighted by molar-refractivity contribution is -0.122. The van der Waals surface area contributed by atoms with Gasteiger partial charge in [-0.15, -0.1) is 0 Å². The van der Waals surface area contributed by atoms with Crippen LogP contribution in [0.3, 0.4) is 0 Å². The number of hydrogen-bond donors (Lipinski definition) is 2. The molecule has 3 rings (SSSR count). The van der Waals surface area contributed by atoms with Crippen molar-refractivity contribution < 1.29 is 9.59 Å². The smallest absolute Gasteiger partial charge is 0.248 e. The van der Waals surface area contributed by atoms with Gasteiger partial charge in [-0.2, -0.15) is 0 Å². The van der Waals surface area contributed by atoms with Crippen molar-refractivity contribution in [1.29, 1.82) is 0 Å². The Labute approximate surface area is 143 Å². The topological polar surface area (TPSA) is 72.2 Å². The standard InChI is InChI=1S/C18H17BrN2O2/c19-14-7-5-12(6-8-14)15-9-16(15)18(23)21-10-11-1-3-13(4-2-11)17(20)22/h1-8,15-16H,9-10H2,(H2,20,22)(H,21,23)/t15-,16-/m1/s1. The molecule has 0 heterocycles. The first-order valence-corrected chi connectivity index (χ1v) is 8.26. The van der Waals surface area contributed by atoms with Gasteiger partial charge in [0, 0.05) is 22.5 Å². The lowest BCUT2D eigenvalue weighted by atomic mass is 10.1. The zero-order valence-corrected chi connectivity index (χ0v) is 14.0. The summed E-state index contributed by atoms with van der Waals surface area (Å²) in [5, 5.41) is 2.96. The molecule has 3 N–H and O–H groups in total. The van der Waals surface area contributed by atoms with E-state index in [1.807, 2.05) is 12.1 Å². The summed E-state index contributed by atoms with van der Waals surface area (Å²) in [5.41, 5.74) is 7.83. The molecule has 2 atom stereocenters. The Balaban J connectivity index is 1.52. The van der Waals surface area contributed by atoms with Crippen molar-refractivity contribution in [1.82, 2.24) is 5.32 Å². The van der Waals surface area contributed by atoms with E-state index >= 15 is 0 Å². The molecule has 23 heavy (non-hydrogen) atoms. The Morgan fingerprint density at radius 2 is 1.74 bits per heavy atom. The zero-order valence-electron chi connectivity index (χ0n) is 12.5. The first-order valence-electron chi connectivity index (χ1n) is 7.46. The van der Waals surface area contributed by atoms with Gasteiger partial charge in [0.1, 0.15) is 0 Å². The number of hydrogen-bond acceptors (Lipinski definition) is 2. The molecule has 1 fully saturated rings. The first kappa shape index (κ1) is 15.7. The van der Waals surface area contributed by atoms with Gasteiger partial charge < -0.3 is 11.1 Å². The van der Waals surface area contributed by atoms with Crippen LogP contribution in [0.1, 0.15) is 33.8 Å². The summed E-state index contributed by atoms with van der Waals surface area (Å²) >= 11 is 3.42. The van der Waals surface area contributed by atoms with Crippen LogP contribution in [0.4, 0.5) is 0 Å². The largest absolute Gasteiger partial charge is 0.366 e. The lowest BCUT2D eigenvalue weighted by Gasteiger charge is -2.06. The number of rotatable bonds is 5. The van der Waals surface area contributed by atoms with Gasteiger partial charge >= 0.3 is 0 Å². The van der Waals surface area contributed by atoms with Crippen molar-refractivity contribution in [3.63, 3.8) is 0 Å². The Hall–Kier alpha value is -2.14. The summed E-state index contributed by atoms with van der Waals surface area (Å²) in [6.07, 6.45) is 0.897. The fourth-order valence-corrected chi connectivity index (χ4v) is 2.93. The molecule has 0 aliphatic heterocycles. The number of amides is 2. The Morgan fingerprint density at radius 3 is 2.35 bits per heavy atom. The van der Waals surface area contributed by atoms with Crippen molar-refractivity contribution in [3.05, 3.63) is 69.7 Å². The monoisotopic (exact) mass is 372 g/mol. The highest BCUT2D eigenvalue weighted by Crippen LogP contribution is 2.47. The summed E-state index contributed by atoms with van der Waals surface area (Å²) < 4.78 is 1.04. The van der Waals surface area contributed by atoms with Crippen molar-refractivity contribution >= 4 is 27.7 Å². The second-order valence-corrected chi connectivity index (χ2v) is 6.69. The van der Waals surface area contributed by atoms with E-state index in [9.17, 15) is 9.59 Å². The summed E-state index contributed by atoms with van der Waals surface area (Å²) in [6, 6.07) is 15.1. The number of primary amides is 1. The van der Waals surface area contributed by atoms with Gasteiger partial charge in [-0.05, 0) is 47.7 Å². The highest BCUT2D eigenvalue weighted by Gasteiger charge is 2.43. The maximum Gasteiger partial charge on any atom is 0.248 e. The van der Waals surface area contributed by atoms with Crippen LogP contribution in [0.5, 0.6) is 0 Å². The van der Waals surface area contributed by atoms with Crippen LogP contribution in [0, 0.1) is 5.92 Å². The maximum atomic E-state index is 12.2. The molecule has 4 nitrogen and oxygen atoms in total. The zero-order chi connectivity index (χ0) is 16.4. The minimum absolute atomic E-state index is 0.0565. The third-order valence-corrected chi connectivity index (χ3v) is 4.66. The van der Waals surface area contributed by atoms with E-state index in [4.69, 9.17) is 5.73 Å². The van der Waals surface area contributed by atoms with E-state index in [0.717, 1.165) is 16.5 Å². The molecular weight excluding hydrogens is 356 g/mol. The van der Waals surface area contributed by atoms with E-state index in [1.54, 1.807) is 24.3 Å². The van der Waals surface area contributed by atoms with E-state index in [0.29, 0.717) is 18.0 Å². The van der Waals surface area contributed by atoms with E-state index in [1.165, 1.54) is 5.56 Å². The van der Waals surface area contributed by atoms with Crippen molar-refractivity contribution in [2.75, 3.05) is 0 Å². The van der Waals surface area contributed by atoms with Gasteiger partial charge in [-0.25, -0.2) is 0 Å². The van der Waals surface area contributed by atoms with Crippen LogP contribution in [0.15, 0.2) is 53.0 Å². The molecular formula is C18H17BrN2O2. The highest BCUT2D eigenvalue weighted by atomic mass is 79.9. The molecule has 2 aromatic carbocycles. The van der Waals surface area contributed by atoms with Crippen LogP contribution in [-0.4, -0.2) is 11.8 Å². The summed E-state index contributed by atoms with van der Waals surface area (Å²) in [7, 11) is 0. The number of carbonyl (C=O) groups is 2. The average Bonchev–Trinajstić information content (AvgIpc) is 3.34. The Kier molecular flexibility index (Phi) is 4.48. The number of benzene rings is 2. The molecule has 0 spiro atoms. The van der Waals surface area contributed by atoms with Gasteiger partial charge in [0.05, 0.1) is 0 Å². The molecule has 2 amide bonds. The van der Waals surface area contributed by atoms with Crippen LogP contribution in [0.25, 0.3) is 0 Å². The molecule has 1 aliphatic carbocycles. The minimum atomic E-state index is -0.448. The average molecular weight is 373 g/mol. The minimum Gasteiger partial charge on any atom is -0.366 e. The third-order valence-electron chi connectivity index (χ3n) is 4.13. The SMILES string of the molecule is NC(=O)c1ccc(CNC(=O)[C@@H]2C[C@@H]2c2ccc(Br)cc2)cc1. The Bertz CT molecular complexity index is 726. The van der Waals surface area contributed by atoms with E-state index < -0.39 is 5.91 Å². The molecule has 118 valence electrons. The molecule has 0 radical (unpaired) electrons. The second kappa shape index (κ2) is 6.54. The summed E-state index contributed by atoms with van der Waals surface area (Å²) in [5.74, 6) is 0.00853. The van der Waals surface area contributed by atoms with Crippen LogP contribution >= 0.6 is 15.9 Å². The van der Waals surface area contributed by atoms with Crippen molar-refractivity contribution in [2.24, 2.45) is 11.7 Å². The van der Waals surface area contributed by atoms with Gasteiger partial charge in [0.15, 0.2) is 0 Å². The molecule has 1 saturated carbocycles. The van der Waals surface area contributed by atoms with E-state index in [2.05, 4.69) is 33.4 Å². The number of carbonyl (C=O) groups excluding carboxylic acids is 2. The predicted molar refractivity (Wildman–Crippen MR) is 91.8 cm³/mol. The molecule has 0 saturated heterocycles. The highest BCUT2D eigenvalue weighted by molar-refractivity contribution is 9.10. The van der Waals surface area contributed by atoms with Gasteiger partial charge in [0.25, 0.3) is 0 Å². The summed E-state index contributed by atoms with van der Waals surface area (Å²) in [4.78, 5) is 23.2.